The highest BCUT2D eigenvalue weighted by Gasteiger charge is 2.54. The molecule has 1 N–H and O–H groups in total. The maximum atomic E-state index is 15.4. The van der Waals surface area contributed by atoms with Gasteiger partial charge in [0.2, 0.25) is 11.9 Å². The fraction of sp³-hybridized carbons (Fsp3) is 0.415. The number of methoxy groups -OCH3 is 1. The second-order valence-electron chi connectivity index (χ2n) is 16.1. The minimum Gasteiger partial charge on any atom is -0.378 e. The molecule has 306 valence electrons. The van der Waals surface area contributed by atoms with E-state index in [9.17, 15) is 13.6 Å². The van der Waals surface area contributed by atoms with Gasteiger partial charge in [0.1, 0.15) is 47.5 Å². The molecule has 4 aliphatic heterocycles. The van der Waals surface area contributed by atoms with Crippen LogP contribution in [0.1, 0.15) is 18.7 Å². The Balaban J connectivity index is 1.09. The van der Waals surface area contributed by atoms with Gasteiger partial charge in [0.05, 0.1) is 46.5 Å². The molecule has 4 aromatic heterocycles. The Kier molecular flexibility index (Phi) is 8.97. The predicted molar refractivity (Wildman–Crippen MR) is 213 cm³/mol. The summed E-state index contributed by atoms with van der Waals surface area (Å²) in [6.07, 6.45) is 2.32. The lowest BCUT2D eigenvalue weighted by Gasteiger charge is -2.62. The zero-order chi connectivity index (χ0) is 40.7. The first kappa shape index (κ1) is 37.4. The van der Waals surface area contributed by atoms with E-state index in [0.29, 0.717) is 91.3 Å². The number of rotatable bonds is 6. The molecule has 0 radical (unpaired) electrons. The first-order valence-electron chi connectivity index (χ1n) is 19.7. The number of amides is 1. The molecule has 10 rings (SSSR count). The van der Waals surface area contributed by atoms with E-state index in [-0.39, 0.29) is 35.4 Å². The normalized spacial score (nSPS) is 21.8. The number of hydrogen-bond acceptors (Lipinski definition) is 11. The molecular formula is C41H42F4N12O2. The number of alkyl halides is 1. The Hall–Kier alpha value is -5.88. The third-order valence-corrected chi connectivity index (χ3v) is 12.4. The second-order valence-corrected chi connectivity index (χ2v) is 16.1. The number of nitrogens with one attached hydrogen (secondary N) is 1. The number of carbonyl (C=O) groups is 1. The van der Waals surface area contributed by atoms with Crippen LogP contribution in [0.25, 0.3) is 39.0 Å². The molecule has 6 aromatic rings. The summed E-state index contributed by atoms with van der Waals surface area (Å²) in [5.41, 5.74) is 2.36. The summed E-state index contributed by atoms with van der Waals surface area (Å²) >= 11 is 0. The number of fused-ring (bicyclic) bond motifs is 6. The number of anilines is 3. The van der Waals surface area contributed by atoms with Crippen LogP contribution < -0.4 is 15.1 Å². The summed E-state index contributed by atoms with van der Waals surface area (Å²) in [6.45, 7) is 4.59. The van der Waals surface area contributed by atoms with Gasteiger partial charge >= 0.3 is 0 Å². The number of hydrogen-bond donors (Lipinski definition) is 1. The first-order valence-corrected chi connectivity index (χ1v) is 19.7. The summed E-state index contributed by atoms with van der Waals surface area (Å²) in [5.74, 6) is -0.129. The van der Waals surface area contributed by atoms with Gasteiger partial charge in [-0.1, -0.05) is 6.07 Å². The molecule has 0 saturated carbocycles. The quantitative estimate of drug-likeness (QED) is 0.235. The average molecular weight is 811 g/mol. The van der Waals surface area contributed by atoms with Gasteiger partial charge in [-0.15, -0.1) is 0 Å². The lowest BCUT2D eigenvalue weighted by Crippen LogP contribution is -2.77. The number of aryl methyl sites for hydroxylation is 1. The SMILES string of the molecule is CO[C@H]1CN(C)C(=O)[C@@H]2C[C@@H](CN2c2nc(N3CCC34CN(CCF)C4)nc3c2cnn3-c2ccc(F)cc2F)Nc2cccc(n2)-c2cc(F)cc3nc(C)n(c23)C1. The van der Waals surface area contributed by atoms with Crippen molar-refractivity contribution in [3.05, 3.63) is 78.0 Å². The zero-order valence-corrected chi connectivity index (χ0v) is 32.7. The van der Waals surface area contributed by atoms with Crippen molar-refractivity contribution in [2.45, 2.75) is 50.0 Å². The van der Waals surface area contributed by atoms with E-state index < -0.39 is 36.3 Å². The Morgan fingerprint density at radius 3 is 2.59 bits per heavy atom. The maximum absolute atomic E-state index is 15.4. The van der Waals surface area contributed by atoms with Crippen LogP contribution in [-0.2, 0) is 16.1 Å². The van der Waals surface area contributed by atoms with Crippen molar-refractivity contribution in [2.75, 3.05) is 75.2 Å². The fourth-order valence-electron chi connectivity index (χ4n) is 9.41. The number of pyridine rings is 1. The molecule has 3 fully saturated rings. The summed E-state index contributed by atoms with van der Waals surface area (Å²) in [6, 6.07) is 10.7. The molecule has 0 unspecified atom stereocenters. The van der Waals surface area contributed by atoms with Gasteiger partial charge in [0, 0.05) is 77.2 Å². The van der Waals surface area contributed by atoms with Crippen molar-refractivity contribution in [3.8, 4) is 16.9 Å². The third kappa shape index (κ3) is 6.22. The van der Waals surface area contributed by atoms with Gasteiger partial charge in [0.15, 0.2) is 11.5 Å². The number of ether oxygens (including phenoxy) is 1. The molecule has 1 spiro atoms. The molecule has 18 heteroatoms. The fourth-order valence-corrected chi connectivity index (χ4v) is 9.41. The average Bonchev–Trinajstić information content (AvgIpc) is 3.89. The van der Waals surface area contributed by atoms with Gasteiger partial charge in [-0.05, 0) is 50.1 Å². The van der Waals surface area contributed by atoms with Gasteiger partial charge in [-0.25, -0.2) is 32.2 Å². The lowest BCUT2D eigenvalue weighted by molar-refractivity contribution is -0.132. The molecule has 8 heterocycles. The van der Waals surface area contributed by atoms with E-state index in [1.807, 2.05) is 39.5 Å². The number of carbonyl (C=O) groups excluding carboxylic acids is 1. The molecule has 14 nitrogen and oxygen atoms in total. The van der Waals surface area contributed by atoms with Gasteiger partial charge in [-0.3, -0.25) is 9.69 Å². The Morgan fingerprint density at radius 2 is 1.83 bits per heavy atom. The van der Waals surface area contributed by atoms with Crippen LogP contribution in [0, 0.1) is 24.4 Å². The minimum atomic E-state index is -0.814. The van der Waals surface area contributed by atoms with E-state index in [2.05, 4.69) is 20.3 Å². The van der Waals surface area contributed by atoms with E-state index in [0.717, 1.165) is 24.1 Å². The van der Waals surface area contributed by atoms with E-state index in [1.54, 1.807) is 25.3 Å². The number of halogens is 4. The number of likely N-dealkylation sites (tertiary alicyclic amines) is 1. The molecular weight excluding hydrogens is 769 g/mol. The molecule has 1 amide bonds. The highest BCUT2D eigenvalue weighted by Crippen LogP contribution is 2.43. The van der Waals surface area contributed by atoms with Crippen LogP contribution >= 0.6 is 0 Å². The molecule has 59 heavy (non-hydrogen) atoms. The van der Waals surface area contributed by atoms with Crippen LogP contribution in [0.4, 0.5) is 35.1 Å². The molecule has 3 saturated heterocycles. The standard InChI is InChI=1S/C41H42F4N12O2/c1-23-47-32-15-25(44)13-28-31-5-4-6-35(49-31)48-26-16-34(39(58)52(2)19-27(59-3)20-54(23)36(28)32)55(18-26)37-29-17-46-57(33-8-7-24(43)14-30(33)45)38(29)51-40(50-37)56-11-9-41(56)21-53(22-41)12-10-42/h4-8,13-15,17,26-27,34H,9-12,16,18-22H2,1-3H3,(H,48,49)/t26-,27-,34-/m0/s1. The van der Waals surface area contributed by atoms with Crippen molar-refractivity contribution in [1.82, 2.24) is 44.1 Å². The summed E-state index contributed by atoms with van der Waals surface area (Å²) in [7, 11) is 3.34. The number of benzene rings is 2. The molecule has 4 bridgehead atoms. The van der Waals surface area contributed by atoms with Crippen LogP contribution in [0.5, 0.6) is 0 Å². The smallest absolute Gasteiger partial charge is 0.245 e. The Bertz CT molecular complexity index is 2630. The number of likely N-dealkylation sites (N-methyl/N-ethyl adjacent to an activating group) is 1. The monoisotopic (exact) mass is 810 g/mol. The van der Waals surface area contributed by atoms with E-state index >= 15 is 8.78 Å². The first-order chi connectivity index (χ1) is 28.5. The molecule has 4 aliphatic rings. The van der Waals surface area contributed by atoms with Gasteiger partial charge < -0.3 is 29.3 Å². The van der Waals surface area contributed by atoms with Crippen molar-refractivity contribution in [3.63, 3.8) is 0 Å². The minimum absolute atomic E-state index is 0.00581. The van der Waals surface area contributed by atoms with Crippen LogP contribution in [0.3, 0.4) is 0 Å². The Labute approximate surface area is 336 Å². The van der Waals surface area contributed by atoms with Crippen LogP contribution in [0.15, 0.2) is 54.7 Å². The highest BCUT2D eigenvalue weighted by atomic mass is 19.1. The van der Waals surface area contributed by atoms with E-state index in [4.69, 9.17) is 19.7 Å². The highest BCUT2D eigenvalue weighted by molar-refractivity contribution is 5.94. The lowest BCUT2D eigenvalue weighted by atomic mass is 9.78. The van der Waals surface area contributed by atoms with Crippen molar-refractivity contribution < 1.29 is 27.1 Å². The largest absolute Gasteiger partial charge is 0.378 e. The summed E-state index contributed by atoms with van der Waals surface area (Å²) < 4.78 is 67.2. The van der Waals surface area contributed by atoms with Crippen molar-refractivity contribution in [2.24, 2.45) is 0 Å². The van der Waals surface area contributed by atoms with Gasteiger partial charge in [-0.2, -0.15) is 15.1 Å². The number of imidazole rings is 1. The van der Waals surface area contributed by atoms with E-state index in [1.165, 1.54) is 22.9 Å². The van der Waals surface area contributed by atoms with Gasteiger partial charge in [0.25, 0.3) is 0 Å². The van der Waals surface area contributed by atoms with Crippen molar-refractivity contribution in [1.29, 1.82) is 0 Å². The summed E-state index contributed by atoms with van der Waals surface area (Å²) in [4.78, 5) is 42.4. The maximum Gasteiger partial charge on any atom is 0.245 e. The molecule has 2 aromatic carbocycles. The molecule has 0 aliphatic carbocycles. The number of aromatic nitrogens is 7. The topological polar surface area (TPSA) is 126 Å². The van der Waals surface area contributed by atoms with Crippen LogP contribution in [0.2, 0.25) is 0 Å². The third-order valence-electron chi connectivity index (χ3n) is 12.4. The number of nitrogens with zero attached hydrogens (tertiary/aromatic N) is 11. The predicted octanol–water partition coefficient (Wildman–Crippen LogP) is 4.73. The zero-order valence-electron chi connectivity index (χ0n) is 32.7. The second kappa shape index (κ2) is 14.1. The van der Waals surface area contributed by atoms with Crippen LogP contribution in [-0.4, -0.2) is 134 Å². The summed E-state index contributed by atoms with van der Waals surface area (Å²) in [5, 5.41) is 8.57. The molecule has 3 atom stereocenters. The van der Waals surface area contributed by atoms with Crippen molar-refractivity contribution >= 4 is 45.6 Å². The Morgan fingerprint density at radius 1 is 0.983 bits per heavy atom.